The van der Waals surface area contributed by atoms with Gasteiger partial charge in [-0.1, -0.05) is 13.0 Å². The molecule has 0 aliphatic rings. The molecule has 134 valence electrons. The molecule has 26 heavy (non-hydrogen) atoms. The van der Waals surface area contributed by atoms with E-state index >= 15 is 0 Å². The fourth-order valence-corrected chi connectivity index (χ4v) is 3.61. The number of pyridine rings is 1. The molecule has 0 spiro atoms. The highest BCUT2D eigenvalue weighted by atomic mass is 32.1. The Kier molecular flexibility index (Phi) is 5.13. The molecule has 0 aliphatic carbocycles. The maximum atomic E-state index is 12.2. The first-order valence-electron chi connectivity index (χ1n) is 8.10. The molecule has 2 heterocycles. The predicted octanol–water partition coefficient (Wildman–Crippen LogP) is 3.92. The SMILES string of the molecule is CCCC(=O)NC(c1cccs1)c1cc([N+](=O)[O-])c2cccnc2c1O. The number of aromatic nitrogens is 1. The van der Waals surface area contributed by atoms with Crippen molar-refractivity contribution >= 4 is 33.8 Å². The lowest BCUT2D eigenvalue weighted by Crippen LogP contribution is -2.28. The van der Waals surface area contributed by atoms with Gasteiger partial charge in [-0.05, 0) is 30.0 Å². The zero-order chi connectivity index (χ0) is 18.7. The molecule has 1 atom stereocenters. The Bertz CT molecular complexity index is 956. The van der Waals surface area contributed by atoms with Crippen molar-refractivity contribution in [1.29, 1.82) is 0 Å². The number of non-ortho nitro benzene ring substituents is 1. The highest BCUT2D eigenvalue weighted by Gasteiger charge is 2.27. The second-order valence-electron chi connectivity index (χ2n) is 5.76. The fraction of sp³-hybridized carbons (Fsp3) is 0.222. The molecule has 2 N–H and O–H groups in total. The van der Waals surface area contributed by atoms with E-state index in [-0.39, 0.29) is 33.8 Å². The number of phenols is 1. The Balaban J connectivity index is 2.20. The van der Waals surface area contributed by atoms with Gasteiger partial charge in [-0.3, -0.25) is 19.9 Å². The molecule has 3 aromatic rings. The number of fused-ring (bicyclic) bond motifs is 1. The van der Waals surface area contributed by atoms with Gasteiger partial charge in [0.2, 0.25) is 5.91 Å². The van der Waals surface area contributed by atoms with Crippen molar-refractivity contribution in [3.8, 4) is 5.75 Å². The number of hydrogen-bond donors (Lipinski definition) is 2. The van der Waals surface area contributed by atoms with Gasteiger partial charge < -0.3 is 10.4 Å². The van der Waals surface area contributed by atoms with Gasteiger partial charge in [-0.2, -0.15) is 0 Å². The molecule has 0 bridgehead atoms. The van der Waals surface area contributed by atoms with Crippen LogP contribution in [0.2, 0.25) is 0 Å². The van der Waals surface area contributed by atoms with E-state index < -0.39 is 11.0 Å². The van der Waals surface area contributed by atoms with E-state index in [4.69, 9.17) is 0 Å². The lowest BCUT2D eigenvalue weighted by molar-refractivity contribution is -0.383. The van der Waals surface area contributed by atoms with Gasteiger partial charge in [0.15, 0.2) is 0 Å². The van der Waals surface area contributed by atoms with Crippen molar-refractivity contribution in [2.24, 2.45) is 0 Å². The number of carbonyl (C=O) groups is 1. The minimum atomic E-state index is -0.681. The predicted molar refractivity (Wildman–Crippen MR) is 99.3 cm³/mol. The third kappa shape index (κ3) is 3.36. The molecule has 0 aliphatic heterocycles. The second-order valence-corrected chi connectivity index (χ2v) is 6.74. The van der Waals surface area contributed by atoms with E-state index in [9.17, 15) is 20.0 Å². The van der Waals surface area contributed by atoms with Crippen molar-refractivity contribution < 1.29 is 14.8 Å². The molecule has 8 heteroatoms. The van der Waals surface area contributed by atoms with E-state index in [0.29, 0.717) is 12.8 Å². The van der Waals surface area contributed by atoms with Crippen molar-refractivity contribution in [1.82, 2.24) is 10.3 Å². The number of nitro groups is 1. The Labute approximate surface area is 153 Å². The number of aromatic hydroxyl groups is 1. The molecule has 1 aromatic carbocycles. The number of amides is 1. The van der Waals surface area contributed by atoms with Crippen molar-refractivity contribution in [2.75, 3.05) is 0 Å². The van der Waals surface area contributed by atoms with Crippen molar-refractivity contribution in [3.63, 3.8) is 0 Å². The summed E-state index contributed by atoms with van der Waals surface area (Å²) in [7, 11) is 0. The molecule has 0 fully saturated rings. The van der Waals surface area contributed by atoms with E-state index in [1.54, 1.807) is 12.1 Å². The van der Waals surface area contributed by atoms with Crippen LogP contribution < -0.4 is 5.32 Å². The first-order chi connectivity index (χ1) is 12.5. The van der Waals surface area contributed by atoms with Crippen LogP contribution in [0.25, 0.3) is 10.9 Å². The molecular formula is C18H17N3O4S. The average molecular weight is 371 g/mol. The largest absolute Gasteiger partial charge is 0.505 e. The number of rotatable bonds is 6. The topological polar surface area (TPSA) is 105 Å². The third-order valence-corrected chi connectivity index (χ3v) is 4.93. The highest BCUT2D eigenvalue weighted by molar-refractivity contribution is 7.10. The van der Waals surface area contributed by atoms with Crippen LogP contribution >= 0.6 is 11.3 Å². The fourth-order valence-electron chi connectivity index (χ4n) is 2.82. The zero-order valence-corrected chi connectivity index (χ0v) is 14.8. The van der Waals surface area contributed by atoms with Gasteiger partial charge >= 0.3 is 0 Å². The number of nitro benzene ring substituents is 1. The molecule has 2 aromatic heterocycles. The molecule has 1 unspecified atom stereocenters. The van der Waals surface area contributed by atoms with E-state index in [1.807, 2.05) is 24.4 Å². The maximum absolute atomic E-state index is 12.2. The quantitative estimate of drug-likeness (QED) is 0.505. The average Bonchev–Trinajstić information content (AvgIpc) is 3.15. The first-order valence-corrected chi connectivity index (χ1v) is 8.98. The molecule has 7 nitrogen and oxygen atoms in total. The van der Waals surface area contributed by atoms with Gasteiger partial charge in [0.25, 0.3) is 5.69 Å². The minimum absolute atomic E-state index is 0.142. The third-order valence-electron chi connectivity index (χ3n) is 3.99. The summed E-state index contributed by atoms with van der Waals surface area (Å²) < 4.78 is 0. The van der Waals surface area contributed by atoms with Crippen LogP contribution in [-0.2, 0) is 4.79 Å². The molecule has 3 rings (SSSR count). The monoisotopic (exact) mass is 371 g/mol. The van der Waals surface area contributed by atoms with Gasteiger partial charge in [0.05, 0.1) is 16.4 Å². The van der Waals surface area contributed by atoms with Crippen LogP contribution in [0.4, 0.5) is 5.69 Å². The Morgan fingerprint density at radius 2 is 2.23 bits per heavy atom. The van der Waals surface area contributed by atoms with Crippen molar-refractivity contribution in [2.45, 2.75) is 25.8 Å². The van der Waals surface area contributed by atoms with Crippen LogP contribution in [0.5, 0.6) is 5.75 Å². The zero-order valence-electron chi connectivity index (χ0n) is 14.0. The number of benzene rings is 1. The van der Waals surface area contributed by atoms with E-state index in [0.717, 1.165) is 4.88 Å². The summed E-state index contributed by atoms with van der Waals surface area (Å²) in [5, 5.41) is 27.2. The van der Waals surface area contributed by atoms with Gasteiger partial charge in [0, 0.05) is 29.1 Å². The lowest BCUT2D eigenvalue weighted by Gasteiger charge is -2.20. The summed E-state index contributed by atoms with van der Waals surface area (Å²) in [5.74, 6) is -0.351. The summed E-state index contributed by atoms with van der Waals surface area (Å²) in [4.78, 5) is 28.1. The van der Waals surface area contributed by atoms with Crippen LogP contribution in [0.15, 0.2) is 41.9 Å². The number of nitrogens with one attached hydrogen (secondary N) is 1. The van der Waals surface area contributed by atoms with Crippen LogP contribution in [-0.4, -0.2) is 20.9 Å². The van der Waals surface area contributed by atoms with Crippen LogP contribution in [0, 0.1) is 10.1 Å². The molecule has 0 saturated heterocycles. The summed E-state index contributed by atoms with van der Waals surface area (Å²) in [5.41, 5.74) is 0.241. The summed E-state index contributed by atoms with van der Waals surface area (Å²) in [6.45, 7) is 1.89. The highest BCUT2D eigenvalue weighted by Crippen LogP contribution is 2.40. The van der Waals surface area contributed by atoms with E-state index in [1.165, 1.54) is 23.6 Å². The summed E-state index contributed by atoms with van der Waals surface area (Å²) in [6.07, 6.45) is 2.47. The van der Waals surface area contributed by atoms with Gasteiger partial charge in [-0.15, -0.1) is 11.3 Å². The minimum Gasteiger partial charge on any atom is -0.505 e. The molecule has 0 saturated carbocycles. The molecule has 1 amide bonds. The molecule has 0 radical (unpaired) electrons. The Hall–Kier alpha value is -3.00. The number of thiophene rings is 1. The Morgan fingerprint density at radius 3 is 2.88 bits per heavy atom. The first kappa shape index (κ1) is 17.8. The number of carbonyl (C=O) groups excluding carboxylic acids is 1. The normalized spacial score (nSPS) is 12.0. The van der Waals surface area contributed by atoms with Gasteiger partial charge in [0.1, 0.15) is 11.3 Å². The van der Waals surface area contributed by atoms with E-state index in [2.05, 4.69) is 10.3 Å². The van der Waals surface area contributed by atoms with Crippen molar-refractivity contribution in [3.05, 3.63) is 62.5 Å². The number of phenolic OH excluding ortho intramolecular Hbond substituents is 1. The van der Waals surface area contributed by atoms with Crippen LogP contribution in [0.3, 0.4) is 0 Å². The standard InChI is InChI=1S/C18H17N3O4S/c1-2-5-15(22)20-16(14-7-4-9-26-14)12-10-13(21(24)25)11-6-3-8-19-17(11)18(12)23/h3-4,6-10,16,23H,2,5H2,1H3,(H,20,22). The lowest BCUT2D eigenvalue weighted by atomic mass is 9.99. The summed E-state index contributed by atoms with van der Waals surface area (Å²) >= 11 is 1.40. The maximum Gasteiger partial charge on any atom is 0.279 e. The molecular weight excluding hydrogens is 354 g/mol. The van der Waals surface area contributed by atoms with Crippen LogP contribution in [0.1, 0.15) is 36.2 Å². The smallest absolute Gasteiger partial charge is 0.279 e. The number of hydrogen-bond acceptors (Lipinski definition) is 6. The Morgan fingerprint density at radius 1 is 1.42 bits per heavy atom. The number of nitrogens with zero attached hydrogens (tertiary/aromatic N) is 2. The van der Waals surface area contributed by atoms with Gasteiger partial charge in [-0.25, -0.2) is 0 Å². The summed E-state index contributed by atoms with van der Waals surface area (Å²) in [6, 6.07) is 7.39. The second kappa shape index (κ2) is 7.49.